The number of carbonyl (C=O) groups is 1. The smallest absolute Gasteiger partial charge is 0.238 e. The highest BCUT2D eigenvalue weighted by Crippen LogP contribution is 2.52. The van der Waals surface area contributed by atoms with Crippen LogP contribution in [0.1, 0.15) is 25.0 Å². The van der Waals surface area contributed by atoms with Crippen LogP contribution in [0.3, 0.4) is 0 Å². The Morgan fingerprint density at radius 3 is 1.96 bits per heavy atom. The highest BCUT2D eigenvalue weighted by atomic mass is 32.2. The van der Waals surface area contributed by atoms with E-state index in [0.29, 0.717) is 5.57 Å². The number of carbonyl (C=O) groups excluding carboxylic acids is 1. The number of primary sulfonamides is 1. The molecule has 23 heavy (non-hydrogen) atoms. The summed E-state index contributed by atoms with van der Waals surface area (Å²) in [6.07, 6.45) is 0. The minimum atomic E-state index is -3.72. The van der Waals surface area contributed by atoms with E-state index >= 15 is 0 Å². The van der Waals surface area contributed by atoms with Crippen molar-refractivity contribution in [2.75, 3.05) is 0 Å². The summed E-state index contributed by atoms with van der Waals surface area (Å²) in [5.41, 5.74) is 2.74. The van der Waals surface area contributed by atoms with Crippen LogP contribution in [-0.4, -0.2) is 14.2 Å². The van der Waals surface area contributed by atoms with Crippen molar-refractivity contribution < 1.29 is 13.2 Å². The molecule has 118 valence electrons. The van der Waals surface area contributed by atoms with Gasteiger partial charge in [-0.3, -0.25) is 4.79 Å². The molecule has 2 aromatic rings. The molecule has 0 radical (unpaired) electrons. The van der Waals surface area contributed by atoms with Gasteiger partial charge >= 0.3 is 0 Å². The van der Waals surface area contributed by atoms with Gasteiger partial charge in [0, 0.05) is 5.57 Å². The Morgan fingerprint density at radius 1 is 0.870 bits per heavy atom. The van der Waals surface area contributed by atoms with Crippen LogP contribution in [-0.2, 0) is 14.8 Å². The molecule has 0 bridgehead atoms. The zero-order valence-corrected chi connectivity index (χ0v) is 13.7. The molecule has 0 saturated heterocycles. The van der Waals surface area contributed by atoms with Gasteiger partial charge in [0.15, 0.2) is 5.78 Å². The Kier molecular flexibility index (Phi) is 3.50. The quantitative estimate of drug-likeness (QED) is 0.941. The molecule has 1 aliphatic rings. The molecule has 0 atom stereocenters. The van der Waals surface area contributed by atoms with Gasteiger partial charge in [-0.05, 0) is 42.7 Å². The monoisotopic (exact) mass is 327 g/mol. The molecule has 5 heteroatoms. The van der Waals surface area contributed by atoms with Crippen LogP contribution in [0, 0.1) is 5.41 Å². The van der Waals surface area contributed by atoms with Gasteiger partial charge in [-0.25, -0.2) is 13.6 Å². The summed E-state index contributed by atoms with van der Waals surface area (Å²) < 4.78 is 22.7. The molecule has 4 nitrogen and oxygen atoms in total. The number of benzene rings is 2. The molecule has 0 aliphatic heterocycles. The van der Waals surface area contributed by atoms with E-state index in [1.54, 1.807) is 12.1 Å². The van der Waals surface area contributed by atoms with Gasteiger partial charge in [0.05, 0.1) is 10.3 Å². The van der Waals surface area contributed by atoms with Gasteiger partial charge in [-0.15, -0.1) is 0 Å². The number of nitrogens with two attached hydrogens (primary N) is 1. The first-order chi connectivity index (χ1) is 10.7. The minimum Gasteiger partial charge on any atom is -0.293 e. The maximum Gasteiger partial charge on any atom is 0.238 e. The van der Waals surface area contributed by atoms with Gasteiger partial charge < -0.3 is 0 Å². The summed E-state index contributed by atoms with van der Waals surface area (Å²) in [5, 5.41) is 5.13. The summed E-state index contributed by atoms with van der Waals surface area (Å²) in [4.78, 5) is 12.6. The molecule has 2 N–H and O–H groups in total. The second-order valence-electron chi connectivity index (χ2n) is 6.14. The lowest BCUT2D eigenvalue weighted by Gasteiger charge is -2.39. The highest BCUT2D eigenvalue weighted by Gasteiger charge is 2.47. The van der Waals surface area contributed by atoms with E-state index in [0.717, 1.165) is 16.7 Å². The van der Waals surface area contributed by atoms with Crippen LogP contribution in [0.25, 0.3) is 11.1 Å². The molecule has 0 heterocycles. The van der Waals surface area contributed by atoms with Gasteiger partial charge in [0.1, 0.15) is 0 Å². The lowest BCUT2D eigenvalue weighted by Crippen LogP contribution is -2.37. The van der Waals surface area contributed by atoms with Crippen LogP contribution < -0.4 is 5.14 Å². The number of hydrogen-bond donors (Lipinski definition) is 1. The third-order valence-electron chi connectivity index (χ3n) is 4.20. The molecule has 0 spiro atoms. The average molecular weight is 327 g/mol. The molecule has 0 saturated carbocycles. The first-order valence-electron chi connectivity index (χ1n) is 7.21. The molecule has 2 aromatic carbocycles. The molecule has 0 aromatic heterocycles. The van der Waals surface area contributed by atoms with E-state index in [2.05, 4.69) is 0 Å². The highest BCUT2D eigenvalue weighted by molar-refractivity contribution is 7.89. The summed E-state index contributed by atoms with van der Waals surface area (Å²) in [6.45, 7) is 3.76. The first-order valence-corrected chi connectivity index (χ1v) is 8.76. The van der Waals surface area contributed by atoms with Crippen molar-refractivity contribution >= 4 is 27.0 Å². The molecular formula is C18H17NO3S. The average Bonchev–Trinajstić information content (AvgIpc) is 2.52. The zero-order valence-electron chi connectivity index (χ0n) is 12.9. The van der Waals surface area contributed by atoms with Crippen LogP contribution >= 0.6 is 0 Å². The summed E-state index contributed by atoms with van der Waals surface area (Å²) >= 11 is 0. The fourth-order valence-corrected chi connectivity index (χ4v) is 3.50. The Hall–Kier alpha value is -2.24. The van der Waals surface area contributed by atoms with Crippen molar-refractivity contribution in [1.82, 2.24) is 0 Å². The second kappa shape index (κ2) is 5.15. The molecule has 0 unspecified atom stereocenters. The number of ketones is 1. The fourth-order valence-electron chi connectivity index (χ4n) is 2.99. The standard InChI is InChI=1S/C18H17NO3S/c1-18(2)16(13-8-10-14(11-9-13)23(19,21)22)15(17(18)20)12-6-4-3-5-7-12/h3-11H,1-2H3,(H2,19,21,22). The maximum atomic E-state index is 12.5. The Morgan fingerprint density at radius 2 is 1.43 bits per heavy atom. The Bertz CT molecular complexity index is 908. The maximum absolute atomic E-state index is 12.5. The number of rotatable bonds is 3. The van der Waals surface area contributed by atoms with Crippen molar-refractivity contribution in [2.24, 2.45) is 10.6 Å². The lowest BCUT2D eigenvalue weighted by atomic mass is 9.61. The Balaban J connectivity index is 2.15. The topological polar surface area (TPSA) is 77.2 Å². The number of Topliss-reactive ketones (excluding diaryl/α,β-unsaturated/α-hetero) is 1. The molecule has 0 amide bonds. The van der Waals surface area contributed by atoms with E-state index in [1.807, 2.05) is 44.2 Å². The fraction of sp³-hybridized carbons (Fsp3) is 0.167. The van der Waals surface area contributed by atoms with Gasteiger partial charge in [0.25, 0.3) is 0 Å². The Labute approximate surface area is 135 Å². The van der Waals surface area contributed by atoms with Gasteiger partial charge in [-0.2, -0.15) is 0 Å². The van der Waals surface area contributed by atoms with Gasteiger partial charge in [-0.1, -0.05) is 42.5 Å². The molecule has 1 aliphatic carbocycles. The normalized spacial score (nSPS) is 17.1. The number of allylic oxidation sites excluding steroid dienone is 2. The summed E-state index contributed by atoms with van der Waals surface area (Å²) in [5.74, 6) is 0.0919. The number of hydrogen-bond acceptors (Lipinski definition) is 3. The third kappa shape index (κ3) is 2.52. The number of sulfonamides is 1. The predicted octanol–water partition coefficient (Wildman–Crippen LogP) is 2.85. The van der Waals surface area contributed by atoms with E-state index in [-0.39, 0.29) is 10.7 Å². The molecular weight excluding hydrogens is 310 g/mol. The third-order valence-corrected chi connectivity index (χ3v) is 5.13. The molecule has 0 fully saturated rings. The summed E-state index contributed by atoms with van der Waals surface area (Å²) in [7, 11) is -3.72. The van der Waals surface area contributed by atoms with Crippen molar-refractivity contribution in [3.8, 4) is 0 Å². The van der Waals surface area contributed by atoms with E-state index in [4.69, 9.17) is 5.14 Å². The van der Waals surface area contributed by atoms with Crippen molar-refractivity contribution in [2.45, 2.75) is 18.7 Å². The summed E-state index contributed by atoms with van der Waals surface area (Å²) in [6, 6.07) is 15.8. The second-order valence-corrected chi connectivity index (χ2v) is 7.70. The molecule has 3 rings (SSSR count). The van der Waals surface area contributed by atoms with E-state index in [1.165, 1.54) is 12.1 Å². The minimum absolute atomic E-state index is 0.0616. The van der Waals surface area contributed by atoms with E-state index in [9.17, 15) is 13.2 Å². The van der Waals surface area contributed by atoms with Crippen LogP contribution in [0.5, 0.6) is 0 Å². The van der Waals surface area contributed by atoms with Crippen LogP contribution in [0.15, 0.2) is 59.5 Å². The van der Waals surface area contributed by atoms with Crippen molar-refractivity contribution in [1.29, 1.82) is 0 Å². The van der Waals surface area contributed by atoms with Gasteiger partial charge in [0.2, 0.25) is 10.0 Å². The van der Waals surface area contributed by atoms with Crippen LogP contribution in [0.2, 0.25) is 0 Å². The largest absolute Gasteiger partial charge is 0.293 e. The van der Waals surface area contributed by atoms with Crippen molar-refractivity contribution in [3.63, 3.8) is 0 Å². The van der Waals surface area contributed by atoms with E-state index < -0.39 is 15.4 Å². The van der Waals surface area contributed by atoms with Crippen molar-refractivity contribution in [3.05, 3.63) is 65.7 Å². The first kappa shape index (κ1) is 15.6. The zero-order chi connectivity index (χ0) is 16.8. The SMILES string of the molecule is CC1(C)C(=O)C(c2ccccc2)=C1c1ccc(S(N)(=O)=O)cc1. The predicted molar refractivity (Wildman–Crippen MR) is 89.9 cm³/mol. The lowest BCUT2D eigenvalue weighted by molar-refractivity contribution is -0.120. The van der Waals surface area contributed by atoms with Crippen LogP contribution in [0.4, 0.5) is 0 Å².